The molecule has 2 heterocycles. The maximum Gasteiger partial charge on any atom is 0.141 e. The van der Waals surface area contributed by atoms with Gasteiger partial charge in [0.2, 0.25) is 0 Å². The number of likely N-dealkylation sites (tertiary alicyclic amines) is 1. The van der Waals surface area contributed by atoms with Gasteiger partial charge >= 0.3 is 0 Å². The third-order valence-corrected chi connectivity index (χ3v) is 3.28. The fourth-order valence-corrected chi connectivity index (χ4v) is 2.26. The van der Waals surface area contributed by atoms with Gasteiger partial charge in [-0.2, -0.15) is 5.10 Å². The van der Waals surface area contributed by atoms with Gasteiger partial charge in [-0.3, -0.25) is 5.10 Å². The molecule has 0 spiro atoms. The van der Waals surface area contributed by atoms with Crippen LogP contribution in [-0.2, 0) is 0 Å². The molecule has 0 amide bonds. The second kappa shape index (κ2) is 5.41. The van der Waals surface area contributed by atoms with Crippen molar-refractivity contribution in [2.45, 2.75) is 38.3 Å². The Morgan fingerprint density at radius 2 is 2.38 bits per heavy atom. The van der Waals surface area contributed by atoms with E-state index in [2.05, 4.69) is 39.4 Å². The molecule has 2 rings (SSSR count). The van der Waals surface area contributed by atoms with Gasteiger partial charge < -0.3 is 10.2 Å². The summed E-state index contributed by atoms with van der Waals surface area (Å²) in [5.74, 6) is 0.928. The molecule has 0 aromatic carbocycles. The minimum absolute atomic E-state index is 0.260. The molecule has 0 aliphatic carbocycles. The van der Waals surface area contributed by atoms with Crippen molar-refractivity contribution in [2.75, 3.05) is 20.1 Å². The van der Waals surface area contributed by atoms with Crippen LogP contribution in [-0.4, -0.2) is 46.3 Å². The number of aromatic amines is 1. The van der Waals surface area contributed by atoms with Gasteiger partial charge in [-0.25, -0.2) is 4.98 Å². The van der Waals surface area contributed by atoms with Gasteiger partial charge in [-0.1, -0.05) is 0 Å². The molecule has 0 bridgehead atoms. The summed E-state index contributed by atoms with van der Waals surface area (Å²) < 4.78 is 0. The Bertz CT molecular complexity index is 297. The minimum atomic E-state index is 0.260. The molecule has 16 heavy (non-hydrogen) atoms. The van der Waals surface area contributed by atoms with Crippen molar-refractivity contribution in [3.05, 3.63) is 12.2 Å². The number of hydrogen-bond acceptors (Lipinski definition) is 4. The van der Waals surface area contributed by atoms with Crippen LogP contribution in [0.25, 0.3) is 0 Å². The lowest BCUT2D eigenvalue weighted by Crippen LogP contribution is -2.33. The molecule has 1 aliphatic rings. The highest BCUT2D eigenvalue weighted by Crippen LogP contribution is 2.14. The highest BCUT2D eigenvalue weighted by Gasteiger charge is 2.18. The summed E-state index contributed by atoms with van der Waals surface area (Å²) in [6.45, 7) is 4.53. The lowest BCUT2D eigenvalue weighted by molar-refractivity contribution is 0.339. The van der Waals surface area contributed by atoms with Crippen molar-refractivity contribution >= 4 is 0 Å². The van der Waals surface area contributed by atoms with Crippen LogP contribution in [0.3, 0.4) is 0 Å². The predicted octanol–water partition coefficient (Wildman–Crippen LogP) is 0.940. The van der Waals surface area contributed by atoms with E-state index >= 15 is 0 Å². The summed E-state index contributed by atoms with van der Waals surface area (Å²) in [5, 5.41) is 10.4. The summed E-state index contributed by atoms with van der Waals surface area (Å²) in [6.07, 6.45) is 5.31. The maximum atomic E-state index is 4.18. The Balaban J connectivity index is 1.84. The molecular formula is C11H21N5. The Morgan fingerprint density at radius 3 is 3.12 bits per heavy atom. The molecule has 0 saturated carbocycles. The smallest absolute Gasteiger partial charge is 0.141 e. The minimum Gasteiger partial charge on any atom is -0.306 e. The lowest BCUT2D eigenvalue weighted by Gasteiger charge is -2.20. The number of aromatic nitrogens is 3. The van der Waals surface area contributed by atoms with Crippen LogP contribution in [0.2, 0.25) is 0 Å². The standard InChI is InChI=1S/C11H21N5/c1-9(11-12-8-13-15-11)14-10-4-3-6-16(2)7-5-10/h8-10,14H,3-7H2,1-2H3,(H,12,13,15). The molecule has 1 saturated heterocycles. The maximum absolute atomic E-state index is 4.18. The fourth-order valence-electron chi connectivity index (χ4n) is 2.26. The topological polar surface area (TPSA) is 56.8 Å². The first-order chi connectivity index (χ1) is 7.75. The zero-order chi connectivity index (χ0) is 11.4. The largest absolute Gasteiger partial charge is 0.306 e. The van der Waals surface area contributed by atoms with Crippen LogP contribution in [0, 0.1) is 0 Å². The van der Waals surface area contributed by atoms with Crippen molar-refractivity contribution in [1.82, 2.24) is 25.4 Å². The first-order valence-corrected chi connectivity index (χ1v) is 6.05. The Hall–Kier alpha value is -0.940. The predicted molar refractivity (Wildman–Crippen MR) is 63.1 cm³/mol. The fraction of sp³-hybridized carbons (Fsp3) is 0.818. The van der Waals surface area contributed by atoms with E-state index in [1.807, 2.05) is 0 Å². The van der Waals surface area contributed by atoms with Gasteiger partial charge in [-0.05, 0) is 46.3 Å². The average Bonchev–Trinajstić information content (AvgIpc) is 2.72. The van der Waals surface area contributed by atoms with E-state index in [1.54, 1.807) is 6.33 Å². The molecule has 5 nitrogen and oxygen atoms in total. The van der Waals surface area contributed by atoms with E-state index in [-0.39, 0.29) is 6.04 Å². The van der Waals surface area contributed by atoms with Gasteiger partial charge in [0.05, 0.1) is 6.04 Å². The van der Waals surface area contributed by atoms with E-state index < -0.39 is 0 Å². The summed E-state index contributed by atoms with van der Waals surface area (Å²) in [7, 11) is 2.20. The number of rotatable bonds is 3. The Morgan fingerprint density at radius 1 is 1.50 bits per heavy atom. The molecule has 2 unspecified atom stereocenters. The first kappa shape index (κ1) is 11.5. The van der Waals surface area contributed by atoms with Crippen molar-refractivity contribution in [3.63, 3.8) is 0 Å². The Kier molecular flexibility index (Phi) is 3.90. The Labute approximate surface area is 96.6 Å². The molecule has 90 valence electrons. The molecule has 0 radical (unpaired) electrons. The first-order valence-electron chi connectivity index (χ1n) is 6.05. The molecule has 2 N–H and O–H groups in total. The van der Waals surface area contributed by atoms with Crippen LogP contribution < -0.4 is 5.32 Å². The number of H-pyrrole nitrogens is 1. The number of nitrogens with one attached hydrogen (secondary N) is 2. The van der Waals surface area contributed by atoms with Gasteiger partial charge in [-0.15, -0.1) is 0 Å². The van der Waals surface area contributed by atoms with E-state index in [0.29, 0.717) is 6.04 Å². The van der Waals surface area contributed by atoms with E-state index in [9.17, 15) is 0 Å². The summed E-state index contributed by atoms with van der Waals surface area (Å²) >= 11 is 0. The number of hydrogen-bond donors (Lipinski definition) is 2. The average molecular weight is 223 g/mol. The molecule has 1 fully saturated rings. The van der Waals surface area contributed by atoms with E-state index in [1.165, 1.54) is 32.4 Å². The third kappa shape index (κ3) is 3.02. The van der Waals surface area contributed by atoms with Crippen molar-refractivity contribution < 1.29 is 0 Å². The molecule has 1 aliphatic heterocycles. The van der Waals surface area contributed by atoms with Crippen LogP contribution in [0.1, 0.15) is 38.1 Å². The number of nitrogens with zero attached hydrogens (tertiary/aromatic N) is 3. The molecule has 1 aromatic heterocycles. The summed E-state index contributed by atoms with van der Waals surface area (Å²) in [6, 6.07) is 0.862. The van der Waals surface area contributed by atoms with E-state index in [4.69, 9.17) is 0 Å². The van der Waals surface area contributed by atoms with Crippen LogP contribution >= 0.6 is 0 Å². The van der Waals surface area contributed by atoms with Crippen LogP contribution in [0.5, 0.6) is 0 Å². The highest BCUT2D eigenvalue weighted by atomic mass is 15.2. The molecule has 2 atom stereocenters. The van der Waals surface area contributed by atoms with E-state index in [0.717, 1.165) is 5.82 Å². The summed E-state index contributed by atoms with van der Waals surface area (Å²) in [5.41, 5.74) is 0. The van der Waals surface area contributed by atoms with Gasteiger partial charge in [0.15, 0.2) is 0 Å². The second-order valence-electron chi connectivity index (χ2n) is 4.69. The van der Waals surface area contributed by atoms with Crippen LogP contribution in [0.4, 0.5) is 0 Å². The third-order valence-electron chi connectivity index (χ3n) is 3.28. The SMILES string of the molecule is CC(NC1CCCN(C)CC1)c1ncn[nH]1. The zero-order valence-electron chi connectivity index (χ0n) is 10.1. The second-order valence-corrected chi connectivity index (χ2v) is 4.69. The zero-order valence-corrected chi connectivity index (χ0v) is 10.1. The quantitative estimate of drug-likeness (QED) is 0.800. The van der Waals surface area contributed by atoms with Gasteiger partial charge in [0.25, 0.3) is 0 Å². The molecule has 1 aromatic rings. The monoisotopic (exact) mass is 223 g/mol. The normalized spacial score (nSPS) is 25.2. The van der Waals surface area contributed by atoms with Gasteiger partial charge in [0.1, 0.15) is 12.2 Å². The molecular weight excluding hydrogens is 202 g/mol. The summed E-state index contributed by atoms with van der Waals surface area (Å²) in [4.78, 5) is 6.58. The van der Waals surface area contributed by atoms with Crippen LogP contribution in [0.15, 0.2) is 6.33 Å². The van der Waals surface area contributed by atoms with Gasteiger partial charge in [0, 0.05) is 6.04 Å². The van der Waals surface area contributed by atoms with Crippen molar-refractivity contribution in [1.29, 1.82) is 0 Å². The van der Waals surface area contributed by atoms with Crippen molar-refractivity contribution in [3.8, 4) is 0 Å². The molecule has 5 heteroatoms. The van der Waals surface area contributed by atoms with Crippen molar-refractivity contribution in [2.24, 2.45) is 0 Å². The highest BCUT2D eigenvalue weighted by molar-refractivity contribution is 4.90. The lowest BCUT2D eigenvalue weighted by atomic mass is 10.1.